The molecule has 0 saturated carbocycles. The Bertz CT molecular complexity index is 575. The summed E-state index contributed by atoms with van der Waals surface area (Å²) >= 11 is 3.57. The number of carbonyl (C=O) groups is 1. The average Bonchev–Trinajstić information content (AvgIpc) is 3.08. The molecule has 132 valence electrons. The summed E-state index contributed by atoms with van der Waals surface area (Å²) in [6.07, 6.45) is 2.89. The lowest BCUT2D eigenvalue weighted by atomic mass is 10.0. The van der Waals surface area contributed by atoms with E-state index in [4.69, 9.17) is 4.74 Å². The van der Waals surface area contributed by atoms with Crippen molar-refractivity contribution in [2.45, 2.75) is 25.3 Å². The van der Waals surface area contributed by atoms with Crippen molar-refractivity contribution in [3.8, 4) is 5.75 Å². The van der Waals surface area contributed by atoms with Crippen LogP contribution in [-0.2, 0) is 4.79 Å². The van der Waals surface area contributed by atoms with Gasteiger partial charge in [0.1, 0.15) is 5.75 Å². The Hall–Kier alpha value is -1.11. The van der Waals surface area contributed by atoms with E-state index in [-0.39, 0.29) is 5.91 Å². The van der Waals surface area contributed by atoms with Crippen LogP contribution < -0.4 is 10.1 Å². The third kappa shape index (κ3) is 4.10. The molecular weight excluding hydrogens is 370 g/mol. The molecule has 2 aliphatic rings. The SMILES string of the molecule is COc1ccc(Br)cc1C1CCCN1CCC(=O)N1CCNCC1. The number of carbonyl (C=O) groups excluding carboxylic acids is 1. The van der Waals surface area contributed by atoms with Crippen molar-refractivity contribution >= 4 is 21.8 Å². The van der Waals surface area contributed by atoms with E-state index in [0.717, 1.165) is 55.9 Å². The topological polar surface area (TPSA) is 44.8 Å². The van der Waals surface area contributed by atoms with Gasteiger partial charge in [-0.15, -0.1) is 0 Å². The van der Waals surface area contributed by atoms with Crippen molar-refractivity contribution in [2.24, 2.45) is 0 Å². The lowest BCUT2D eigenvalue weighted by Crippen LogP contribution is -2.47. The number of nitrogens with one attached hydrogen (secondary N) is 1. The van der Waals surface area contributed by atoms with E-state index < -0.39 is 0 Å². The Kier molecular flexibility index (Phi) is 6.14. The second-order valence-corrected chi connectivity index (χ2v) is 7.38. The van der Waals surface area contributed by atoms with Crippen molar-refractivity contribution in [2.75, 3.05) is 46.4 Å². The smallest absolute Gasteiger partial charge is 0.223 e. The molecule has 2 heterocycles. The number of likely N-dealkylation sites (tertiary alicyclic amines) is 1. The summed E-state index contributed by atoms with van der Waals surface area (Å²) in [5.74, 6) is 1.21. The van der Waals surface area contributed by atoms with E-state index in [1.54, 1.807) is 7.11 Å². The number of ether oxygens (including phenoxy) is 1. The highest BCUT2D eigenvalue weighted by Crippen LogP contribution is 2.38. The first kappa shape index (κ1) is 17.7. The number of methoxy groups -OCH3 is 1. The van der Waals surface area contributed by atoms with Gasteiger partial charge in [0, 0.05) is 55.2 Å². The Balaban J connectivity index is 1.63. The van der Waals surface area contributed by atoms with E-state index in [9.17, 15) is 4.79 Å². The molecule has 5 nitrogen and oxygen atoms in total. The minimum Gasteiger partial charge on any atom is -0.496 e. The van der Waals surface area contributed by atoms with Crippen LogP contribution in [0.2, 0.25) is 0 Å². The third-order valence-corrected chi connectivity index (χ3v) is 5.49. The van der Waals surface area contributed by atoms with Crippen LogP contribution in [0.3, 0.4) is 0 Å². The van der Waals surface area contributed by atoms with Gasteiger partial charge in [-0.05, 0) is 37.6 Å². The molecule has 3 rings (SSSR count). The van der Waals surface area contributed by atoms with Crippen LogP contribution >= 0.6 is 15.9 Å². The largest absolute Gasteiger partial charge is 0.496 e. The van der Waals surface area contributed by atoms with Crippen LogP contribution in [0.25, 0.3) is 0 Å². The zero-order valence-corrected chi connectivity index (χ0v) is 15.8. The number of nitrogens with zero attached hydrogens (tertiary/aromatic N) is 2. The van der Waals surface area contributed by atoms with E-state index in [1.807, 2.05) is 17.0 Å². The van der Waals surface area contributed by atoms with Crippen molar-refractivity contribution in [1.29, 1.82) is 0 Å². The molecule has 2 aliphatic heterocycles. The molecule has 6 heteroatoms. The Morgan fingerprint density at radius 3 is 2.88 bits per heavy atom. The predicted molar refractivity (Wildman–Crippen MR) is 98.3 cm³/mol. The molecule has 1 N–H and O–H groups in total. The van der Waals surface area contributed by atoms with E-state index in [0.29, 0.717) is 12.5 Å². The molecule has 1 atom stereocenters. The fourth-order valence-corrected chi connectivity index (χ4v) is 4.10. The minimum absolute atomic E-state index is 0.281. The highest BCUT2D eigenvalue weighted by Gasteiger charge is 2.29. The van der Waals surface area contributed by atoms with E-state index in [1.165, 1.54) is 12.0 Å². The zero-order valence-electron chi connectivity index (χ0n) is 14.3. The summed E-state index contributed by atoms with van der Waals surface area (Å²) < 4.78 is 6.62. The molecule has 2 fully saturated rings. The molecule has 24 heavy (non-hydrogen) atoms. The summed E-state index contributed by atoms with van der Waals surface area (Å²) in [5, 5.41) is 3.29. The van der Waals surface area contributed by atoms with Gasteiger partial charge in [0.2, 0.25) is 5.91 Å². The van der Waals surface area contributed by atoms with Crippen LogP contribution in [0.1, 0.15) is 30.9 Å². The first-order valence-corrected chi connectivity index (χ1v) is 9.54. The summed E-state index contributed by atoms with van der Waals surface area (Å²) in [5.41, 5.74) is 1.22. The van der Waals surface area contributed by atoms with E-state index in [2.05, 4.69) is 32.2 Å². The van der Waals surface area contributed by atoms with Gasteiger partial charge >= 0.3 is 0 Å². The number of piperazine rings is 1. The number of benzene rings is 1. The number of halogens is 1. The van der Waals surface area contributed by atoms with Gasteiger partial charge in [-0.2, -0.15) is 0 Å². The fraction of sp³-hybridized carbons (Fsp3) is 0.611. The van der Waals surface area contributed by atoms with Gasteiger partial charge in [0.25, 0.3) is 0 Å². The Morgan fingerprint density at radius 1 is 1.33 bits per heavy atom. The van der Waals surface area contributed by atoms with Gasteiger partial charge in [-0.3, -0.25) is 9.69 Å². The van der Waals surface area contributed by atoms with Crippen molar-refractivity contribution in [3.63, 3.8) is 0 Å². The molecule has 1 unspecified atom stereocenters. The molecular formula is C18H26BrN3O2. The zero-order chi connectivity index (χ0) is 16.9. The molecule has 0 aromatic heterocycles. The van der Waals surface area contributed by atoms with Crippen molar-refractivity contribution < 1.29 is 9.53 Å². The second-order valence-electron chi connectivity index (χ2n) is 6.46. The van der Waals surface area contributed by atoms with Gasteiger partial charge in [-0.25, -0.2) is 0 Å². The van der Waals surface area contributed by atoms with Crippen LogP contribution in [0.15, 0.2) is 22.7 Å². The van der Waals surface area contributed by atoms with Crippen molar-refractivity contribution in [1.82, 2.24) is 15.1 Å². The number of rotatable bonds is 5. The summed E-state index contributed by atoms with van der Waals surface area (Å²) in [7, 11) is 1.72. The molecule has 1 aromatic rings. The lowest BCUT2D eigenvalue weighted by molar-refractivity contribution is -0.132. The monoisotopic (exact) mass is 395 g/mol. The highest BCUT2D eigenvalue weighted by molar-refractivity contribution is 9.10. The van der Waals surface area contributed by atoms with E-state index >= 15 is 0 Å². The normalized spacial score (nSPS) is 21.9. The minimum atomic E-state index is 0.281. The highest BCUT2D eigenvalue weighted by atomic mass is 79.9. The third-order valence-electron chi connectivity index (χ3n) is 5.00. The predicted octanol–water partition coefficient (Wildman–Crippen LogP) is 2.42. The number of hydrogen-bond acceptors (Lipinski definition) is 4. The maximum atomic E-state index is 12.4. The number of hydrogen-bond donors (Lipinski definition) is 1. The van der Waals surface area contributed by atoms with Crippen LogP contribution in [0.4, 0.5) is 0 Å². The molecule has 2 saturated heterocycles. The van der Waals surface area contributed by atoms with Crippen molar-refractivity contribution in [3.05, 3.63) is 28.2 Å². The van der Waals surface area contributed by atoms with Crippen LogP contribution in [0.5, 0.6) is 5.75 Å². The quantitative estimate of drug-likeness (QED) is 0.831. The summed E-state index contributed by atoms with van der Waals surface area (Å²) in [6, 6.07) is 6.52. The van der Waals surface area contributed by atoms with Crippen LogP contribution in [0, 0.1) is 0 Å². The molecule has 1 aromatic carbocycles. The fourth-order valence-electron chi connectivity index (χ4n) is 3.72. The molecule has 1 amide bonds. The lowest BCUT2D eigenvalue weighted by Gasteiger charge is -2.30. The standard InChI is InChI=1S/C18H26BrN3O2/c1-24-17-5-4-14(19)13-15(17)16-3-2-9-21(16)10-6-18(23)22-11-7-20-8-12-22/h4-5,13,16,20H,2-3,6-12H2,1H3. The van der Waals surface area contributed by atoms with Gasteiger partial charge in [-0.1, -0.05) is 15.9 Å². The Morgan fingerprint density at radius 2 is 2.12 bits per heavy atom. The second kappa shape index (κ2) is 8.32. The first-order valence-electron chi connectivity index (χ1n) is 8.75. The maximum Gasteiger partial charge on any atom is 0.223 e. The molecule has 0 aliphatic carbocycles. The molecule has 0 radical (unpaired) electrons. The average molecular weight is 396 g/mol. The molecule has 0 spiro atoms. The summed E-state index contributed by atoms with van der Waals surface area (Å²) in [4.78, 5) is 16.8. The first-order chi connectivity index (χ1) is 11.7. The summed E-state index contributed by atoms with van der Waals surface area (Å²) in [6.45, 7) is 5.36. The maximum absolute atomic E-state index is 12.4. The van der Waals surface area contributed by atoms with Gasteiger partial charge < -0.3 is 15.0 Å². The molecule has 0 bridgehead atoms. The van der Waals surface area contributed by atoms with Gasteiger partial charge in [0.15, 0.2) is 0 Å². The van der Waals surface area contributed by atoms with Crippen LogP contribution in [-0.4, -0.2) is 62.1 Å². The van der Waals surface area contributed by atoms with Gasteiger partial charge in [0.05, 0.1) is 7.11 Å². The Labute approximate surface area is 152 Å². The number of amides is 1.